The molecule has 0 bridgehead atoms. The smallest absolute Gasteiger partial charge is 0.323 e. The first kappa shape index (κ1) is 18.1. The fourth-order valence-corrected chi connectivity index (χ4v) is 3.73. The third-order valence-corrected chi connectivity index (χ3v) is 4.97. The average molecular weight is 352 g/mol. The monoisotopic (exact) mass is 352 g/mol. The van der Waals surface area contributed by atoms with Gasteiger partial charge in [-0.05, 0) is 29.7 Å². The number of urea groups is 1. The number of hydrogen-bond donors (Lipinski definition) is 1. The van der Waals surface area contributed by atoms with Gasteiger partial charge in [-0.3, -0.25) is 14.5 Å². The average Bonchev–Trinajstić information content (AvgIpc) is 2.86. The third kappa shape index (κ3) is 3.21. The second kappa shape index (κ2) is 7.28. The van der Waals surface area contributed by atoms with Gasteiger partial charge in [-0.15, -0.1) is 0 Å². The van der Waals surface area contributed by atoms with Crippen molar-refractivity contribution in [1.29, 1.82) is 0 Å². The topological polar surface area (TPSA) is 66.5 Å². The number of nitrogens with zero attached hydrogens (tertiary/aromatic N) is 1. The van der Waals surface area contributed by atoms with Crippen LogP contribution in [-0.4, -0.2) is 34.7 Å². The zero-order valence-corrected chi connectivity index (χ0v) is 15.2. The van der Waals surface area contributed by atoms with Crippen molar-refractivity contribution in [3.8, 4) is 0 Å². The van der Waals surface area contributed by atoms with Crippen LogP contribution in [0.3, 0.4) is 0 Å². The molecule has 0 spiro atoms. The highest BCUT2D eigenvalue weighted by atomic mass is 16.2. The first-order valence-electron chi connectivity index (χ1n) is 9.17. The van der Waals surface area contributed by atoms with Crippen LogP contribution >= 0.6 is 0 Å². The number of ketones is 1. The van der Waals surface area contributed by atoms with Gasteiger partial charge in [0, 0.05) is 5.56 Å². The normalized spacial score (nSPS) is 16.2. The summed E-state index contributed by atoms with van der Waals surface area (Å²) < 4.78 is 0. The minimum Gasteiger partial charge on any atom is -0.323 e. The molecule has 26 heavy (non-hydrogen) atoms. The molecular formula is C21H24N2O3. The Labute approximate surface area is 153 Å². The van der Waals surface area contributed by atoms with Crippen LogP contribution in [0.4, 0.5) is 4.79 Å². The summed E-state index contributed by atoms with van der Waals surface area (Å²) in [6.07, 6.45) is 2.76. The fourth-order valence-electron chi connectivity index (χ4n) is 3.73. The Bertz CT molecular complexity index is 853. The summed E-state index contributed by atoms with van der Waals surface area (Å²) in [6, 6.07) is 12.7. The zero-order chi connectivity index (χ0) is 18.7. The molecule has 136 valence electrons. The molecule has 2 aromatic carbocycles. The van der Waals surface area contributed by atoms with Crippen LogP contribution in [0.2, 0.25) is 0 Å². The van der Waals surface area contributed by atoms with Crippen molar-refractivity contribution in [2.45, 2.75) is 45.1 Å². The zero-order valence-electron chi connectivity index (χ0n) is 15.2. The SMILES string of the molecule is CCCC1(CCC)NC(=O)N(CC(=O)c2ccc3ccccc3c2)C1=O. The van der Waals surface area contributed by atoms with Crippen molar-refractivity contribution >= 4 is 28.5 Å². The molecule has 1 N–H and O–H groups in total. The fraction of sp³-hybridized carbons (Fsp3) is 0.381. The van der Waals surface area contributed by atoms with E-state index in [9.17, 15) is 14.4 Å². The summed E-state index contributed by atoms with van der Waals surface area (Å²) in [4.78, 5) is 39.0. The molecule has 0 unspecified atom stereocenters. The standard InChI is InChI=1S/C21H24N2O3/c1-3-11-21(12-4-2)19(25)23(20(26)22-21)14-18(24)17-10-9-15-7-5-6-8-16(15)13-17/h5-10,13H,3-4,11-12,14H2,1-2H3,(H,22,26). The van der Waals surface area contributed by atoms with E-state index in [-0.39, 0.29) is 18.2 Å². The number of hydrogen-bond acceptors (Lipinski definition) is 3. The lowest BCUT2D eigenvalue weighted by atomic mass is 9.88. The van der Waals surface area contributed by atoms with E-state index < -0.39 is 11.6 Å². The molecule has 0 saturated carbocycles. The Balaban J connectivity index is 1.81. The van der Waals surface area contributed by atoms with Gasteiger partial charge in [0.1, 0.15) is 5.54 Å². The van der Waals surface area contributed by atoms with E-state index in [1.807, 2.05) is 50.2 Å². The van der Waals surface area contributed by atoms with Crippen molar-refractivity contribution in [3.63, 3.8) is 0 Å². The number of fused-ring (bicyclic) bond motifs is 1. The largest absolute Gasteiger partial charge is 0.325 e. The predicted octanol–water partition coefficient (Wildman–Crippen LogP) is 3.91. The number of benzene rings is 2. The molecule has 1 aliphatic rings. The maximum Gasteiger partial charge on any atom is 0.325 e. The summed E-state index contributed by atoms with van der Waals surface area (Å²) in [5.41, 5.74) is -0.350. The summed E-state index contributed by atoms with van der Waals surface area (Å²) in [6.45, 7) is 3.75. The molecule has 0 aromatic heterocycles. The first-order chi connectivity index (χ1) is 12.5. The molecule has 5 heteroatoms. The van der Waals surface area contributed by atoms with Gasteiger partial charge in [0.15, 0.2) is 5.78 Å². The number of amides is 3. The van der Waals surface area contributed by atoms with Gasteiger partial charge in [0.05, 0.1) is 6.54 Å². The quantitative estimate of drug-likeness (QED) is 0.607. The predicted molar refractivity (Wildman–Crippen MR) is 101 cm³/mol. The number of nitrogens with one attached hydrogen (secondary N) is 1. The van der Waals surface area contributed by atoms with Crippen molar-refractivity contribution in [2.24, 2.45) is 0 Å². The Hall–Kier alpha value is -2.69. The van der Waals surface area contributed by atoms with Gasteiger partial charge in [0.2, 0.25) is 0 Å². The van der Waals surface area contributed by atoms with E-state index in [4.69, 9.17) is 0 Å². The summed E-state index contributed by atoms with van der Waals surface area (Å²) in [5, 5.41) is 4.85. The van der Waals surface area contributed by atoms with Gasteiger partial charge < -0.3 is 5.32 Å². The lowest BCUT2D eigenvalue weighted by Gasteiger charge is -2.25. The van der Waals surface area contributed by atoms with Crippen molar-refractivity contribution in [1.82, 2.24) is 10.2 Å². The van der Waals surface area contributed by atoms with Crippen LogP contribution in [0.1, 0.15) is 49.9 Å². The second-order valence-corrected chi connectivity index (χ2v) is 6.89. The van der Waals surface area contributed by atoms with Gasteiger partial charge in [-0.2, -0.15) is 0 Å². The lowest BCUT2D eigenvalue weighted by molar-refractivity contribution is -0.131. The summed E-state index contributed by atoms with van der Waals surface area (Å²) in [7, 11) is 0. The maximum atomic E-state index is 12.9. The third-order valence-electron chi connectivity index (χ3n) is 4.97. The van der Waals surface area contributed by atoms with Crippen LogP contribution in [0.15, 0.2) is 42.5 Å². The van der Waals surface area contributed by atoms with Crippen molar-refractivity contribution < 1.29 is 14.4 Å². The Morgan fingerprint density at radius 1 is 1.00 bits per heavy atom. The molecule has 2 aromatic rings. The summed E-state index contributed by atoms with van der Waals surface area (Å²) in [5.74, 6) is -0.511. The van der Waals surface area contributed by atoms with Crippen molar-refractivity contribution in [2.75, 3.05) is 6.54 Å². The second-order valence-electron chi connectivity index (χ2n) is 6.89. The highest BCUT2D eigenvalue weighted by molar-refractivity contribution is 6.11. The van der Waals surface area contributed by atoms with Gasteiger partial charge >= 0.3 is 6.03 Å². The van der Waals surface area contributed by atoms with Crippen LogP contribution in [0, 0.1) is 0 Å². The minimum absolute atomic E-state index is 0.224. The van der Waals surface area contributed by atoms with Crippen LogP contribution in [0.5, 0.6) is 0 Å². The lowest BCUT2D eigenvalue weighted by Crippen LogP contribution is -2.47. The van der Waals surface area contributed by atoms with Crippen LogP contribution in [0.25, 0.3) is 10.8 Å². The number of imide groups is 1. The molecule has 0 radical (unpaired) electrons. The van der Waals surface area contributed by atoms with Crippen LogP contribution < -0.4 is 5.32 Å². The van der Waals surface area contributed by atoms with E-state index >= 15 is 0 Å². The number of carbonyl (C=O) groups excluding carboxylic acids is 3. The molecule has 5 nitrogen and oxygen atoms in total. The van der Waals surface area contributed by atoms with Gasteiger partial charge in [0.25, 0.3) is 5.91 Å². The number of rotatable bonds is 7. The maximum absolute atomic E-state index is 12.9. The van der Waals surface area contributed by atoms with E-state index in [0.29, 0.717) is 18.4 Å². The van der Waals surface area contributed by atoms with E-state index in [1.165, 1.54) is 0 Å². The van der Waals surface area contributed by atoms with E-state index in [2.05, 4.69) is 5.32 Å². The first-order valence-corrected chi connectivity index (χ1v) is 9.17. The Morgan fingerprint density at radius 3 is 2.31 bits per heavy atom. The van der Waals surface area contributed by atoms with Gasteiger partial charge in [-0.1, -0.05) is 63.1 Å². The van der Waals surface area contributed by atoms with E-state index in [0.717, 1.165) is 28.5 Å². The molecule has 1 fully saturated rings. The van der Waals surface area contributed by atoms with Crippen molar-refractivity contribution in [3.05, 3.63) is 48.0 Å². The van der Waals surface area contributed by atoms with E-state index in [1.54, 1.807) is 6.07 Å². The molecule has 3 rings (SSSR count). The molecule has 3 amide bonds. The highest BCUT2D eigenvalue weighted by Crippen LogP contribution is 2.28. The Morgan fingerprint density at radius 2 is 1.65 bits per heavy atom. The number of Topliss-reactive ketones (excluding diaryl/α,β-unsaturated/α-hetero) is 1. The summed E-state index contributed by atoms with van der Waals surface area (Å²) >= 11 is 0. The molecule has 1 aliphatic heterocycles. The minimum atomic E-state index is -0.857. The number of carbonyl (C=O) groups is 3. The molecule has 1 heterocycles. The molecule has 0 aliphatic carbocycles. The molecule has 1 saturated heterocycles. The molecule has 0 atom stereocenters. The highest BCUT2D eigenvalue weighted by Gasteiger charge is 2.50. The molecular weight excluding hydrogens is 328 g/mol. The van der Waals surface area contributed by atoms with Crippen LogP contribution in [-0.2, 0) is 4.79 Å². The van der Waals surface area contributed by atoms with Gasteiger partial charge in [-0.25, -0.2) is 4.79 Å². The Kier molecular flexibility index (Phi) is 5.07.